The molecule has 0 spiro atoms. The van der Waals surface area contributed by atoms with E-state index in [1.807, 2.05) is 36.4 Å². The van der Waals surface area contributed by atoms with Crippen LogP contribution in [0.4, 0.5) is 4.79 Å². The van der Waals surface area contributed by atoms with Gasteiger partial charge in [-0.15, -0.1) is 0 Å². The van der Waals surface area contributed by atoms with Crippen LogP contribution in [0.5, 0.6) is 5.75 Å². The summed E-state index contributed by atoms with van der Waals surface area (Å²) in [5.41, 5.74) is 4.47. The molecule has 0 saturated carbocycles. The molecule has 1 N–H and O–H groups in total. The largest absolute Gasteiger partial charge is 0.488 e. The molecule has 2 atom stereocenters. The molecule has 1 aliphatic carbocycles. The highest BCUT2D eigenvalue weighted by atomic mass is 35.5. The summed E-state index contributed by atoms with van der Waals surface area (Å²) in [6, 6.07) is 22.0. The molecule has 1 amide bonds. The summed E-state index contributed by atoms with van der Waals surface area (Å²) in [7, 11) is 0. The number of likely N-dealkylation sites (tertiary alicyclic amines) is 1. The summed E-state index contributed by atoms with van der Waals surface area (Å²) in [5, 5.41) is 10.2. The number of carboxylic acids is 1. The molecule has 0 bridgehead atoms. The van der Waals surface area contributed by atoms with E-state index in [2.05, 4.69) is 12.1 Å². The second-order valence-corrected chi connectivity index (χ2v) is 8.68. The quantitative estimate of drug-likeness (QED) is 0.563. The zero-order valence-electron chi connectivity index (χ0n) is 17.7. The number of nitrogens with zero attached hydrogens (tertiary/aromatic N) is 1. The molecule has 1 heterocycles. The Kier molecular flexibility index (Phi) is 5.68. The van der Waals surface area contributed by atoms with Gasteiger partial charge in [0.2, 0.25) is 0 Å². The van der Waals surface area contributed by atoms with Crippen LogP contribution in [0.1, 0.15) is 23.5 Å². The molecule has 5 rings (SSSR count). The van der Waals surface area contributed by atoms with E-state index in [-0.39, 0.29) is 25.5 Å². The Bertz CT molecular complexity index is 1170. The van der Waals surface area contributed by atoms with Gasteiger partial charge in [0, 0.05) is 17.4 Å². The Morgan fingerprint density at radius 2 is 1.64 bits per heavy atom. The van der Waals surface area contributed by atoms with Crippen molar-refractivity contribution in [1.82, 2.24) is 4.90 Å². The molecule has 1 saturated heterocycles. The van der Waals surface area contributed by atoms with Gasteiger partial charge in [0.15, 0.2) is 0 Å². The summed E-state index contributed by atoms with van der Waals surface area (Å²) < 4.78 is 11.6. The lowest BCUT2D eigenvalue weighted by Gasteiger charge is -2.22. The van der Waals surface area contributed by atoms with E-state index < -0.39 is 24.2 Å². The van der Waals surface area contributed by atoms with Crippen LogP contribution in [0.2, 0.25) is 5.02 Å². The van der Waals surface area contributed by atoms with Crippen LogP contribution in [0, 0.1) is 0 Å². The lowest BCUT2D eigenvalue weighted by atomic mass is 9.98. The topological polar surface area (TPSA) is 76.1 Å². The number of hydrogen-bond acceptors (Lipinski definition) is 4. The molecular formula is C26H22ClNO5. The van der Waals surface area contributed by atoms with Crippen molar-refractivity contribution in [3.63, 3.8) is 0 Å². The standard InChI is InChI=1S/C26H22ClNO5/c27-16-6-5-7-17(12-16)33-18-13-24(25(29)30)28(14-18)26(31)32-15-23-21-10-3-1-8-19(21)20-9-2-4-11-22(20)23/h1-12,18,23-24H,13-15H2,(H,29,30)/t18-,24+/m1/s1. The fraction of sp³-hybridized carbons (Fsp3) is 0.231. The molecule has 168 valence electrons. The Hall–Kier alpha value is -3.51. The van der Waals surface area contributed by atoms with Crippen LogP contribution in [0.3, 0.4) is 0 Å². The number of benzene rings is 3. The minimum atomic E-state index is -1.08. The van der Waals surface area contributed by atoms with Crippen LogP contribution in [-0.4, -0.2) is 47.4 Å². The maximum Gasteiger partial charge on any atom is 0.410 e. The highest BCUT2D eigenvalue weighted by Crippen LogP contribution is 2.44. The van der Waals surface area contributed by atoms with E-state index in [9.17, 15) is 14.7 Å². The van der Waals surface area contributed by atoms with Gasteiger partial charge in [-0.25, -0.2) is 9.59 Å². The minimum absolute atomic E-state index is 0.0919. The molecule has 0 radical (unpaired) electrons. The van der Waals surface area contributed by atoms with Gasteiger partial charge in [-0.2, -0.15) is 0 Å². The van der Waals surface area contributed by atoms with Gasteiger partial charge in [-0.1, -0.05) is 66.2 Å². The van der Waals surface area contributed by atoms with Crippen LogP contribution in [0.15, 0.2) is 72.8 Å². The summed E-state index contributed by atoms with van der Waals surface area (Å²) >= 11 is 6.01. The number of carbonyl (C=O) groups is 2. The van der Waals surface area contributed by atoms with Gasteiger partial charge in [0.1, 0.15) is 24.5 Å². The van der Waals surface area contributed by atoms with Crippen molar-refractivity contribution in [2.75, 3.05) is 13.2 Å². The Balaban J connectivity index is 1.29. The SMILES string of the molecule is O=C(O)[C@@H]1C[C@@H](Oc2cccc(Cl)c2)CN1C(=O)OCC1c2ccccc2-c2ccccc21. The number of amides is 1. The van der Waals surface area contributed by atoms with Crippen LogP contribution in [-0.2, 0) is 9.53 Å². The van der Waals surface area contributed by atoms with Gasteiger partial charge >= 0.3 is 12.1 Å². The van der Waals surface area contributed by atoms with E-state index in [0.717, 1.165) is 22.3 Å². The zero-order valence-corrected chi connectivity index (χ0v) is 18.4. The van der Waals surface area contributed by atoms with E-state index in [0.29, 0.717) is 10.8 Å². The van der Waals surface area contributed by atoms with Crippen LogP contribution in [0.25, 0.3) is 11.1 Å². The first-order valence-electron chi connectivity index (χ1n) is 10.8. The van der Waals surface area contributed by atoms with Crippen molar-refractivity contribution in [1.29, 1.82) is 0 Å². The normalized spacial score (nSPS) is 19.1. The molecule has 1 fully saturated rings. The second-order valence-electron chi connectivity index (χ2n) is 8.24. The first-order valence-corrected chi connectivity index (χ1v) is 11.2. The maximum absolute atomic E-state index is 13.0. The zero-order chi connectivity index (χ0) is 22.9. The Morgan fingerprint density at radius 1 is 0.970 bits per heavy atom. The molecule has 6 nitrogen and oxygen atoms in total. The number of aliphatic carboxylic acids is 1. The van der Waals surface area contributed by atoms with Crippen molar-refractivity contribution < 1.29 is 24.2 Å². The third kappa shape index (κ3) is 4.14. The van der Waals surface area contributed by atoms with E-state index in [1.54, 1.807) is 24.3 Å². The molecule has 0 unspecified atom stereocenters. The summed E-state index contributed by atoms with van der Waals surface area (Å²) in [6.07, 6.45) is -0.946. The van der Waals surface area contributed by atoms with Crippen molar-refractivity contribution in [2.45, 2.75) is 24.5 Å². The predicted octanol–water partition coefficient (Wildman–Crippen LogP) is 5.20. The second kappa shape index (κ2) is 8.79. The molecule has 1 aliphatic heterocycles. The lowest BCUT2D eigenvalue weighted by molar-refractivity contribution is -0.141. The van der Waals surface area contributed by atoms with E-state index >= 15 is 0 Å². The third-order valence-corrected chi connectivity index (χ3v) is 6.45. The molecule has 0 aromatic heterocycles. The van der Waals surface area contributed by atoms with Crippen LogP contribution >= 0.6 is 11.6 Å². The van der Waals surface area contributed by atoms with Crippen molar-refractivity contribution in [3.8, 4) is 16.9 Å². The van der Waals surface area contributed by atoms with Crippen molar-refractivity contribution in [2.24, 2.45) is 0 Å². The lowest BCUT2D eigenvalue weighted by Crippen LogP contribution is -2.41. The number of carbonyl (C=O) groups excluding carboxylic acids is 1. The molecule has 3 aromatic rings. The Labute approximate surface area is 196 Å². The highest BCUT2D eigenvalue weighted by Gasteiger charge is 2.42. The number of fused-ring (bicyclic) bond motifs is 3. The smallest absolute Gasteiger partial charge is 0.410 e. The summed E-state index contributed by atoms with van der Waals surface area (Å²) in [4.78, 5) is 26.0. The highest BCUT2D eigenvalue weighted by molar-refractivity contribution is 6.30. The van der Waals surface area contributed by atoms with E-state index in [4.69, 9.17) is 21.1 Å². The number of hydrogen-bond donors (Lipinski definition) is 1. The molecule has 33 heavy (non-hydrogen) atoms. The van der Waals surface area contributed by atoms with Crippen molar-refractivity contribution >= 4 is 23.7 Å². The first-order chi connectivity index (χ1) is 16.0. The number of carboxylic acid groups (broad SMARTS) is 1. The van der Waals surface area contributed by atoms with Gasteiger partial charge < -0.3 is 14.6 Å². The molecule has 3 aromatic carbocycles. The van der Waals surface area contributed by atoms with E-state index in [1.165, 1.54) is 4.90 Å². The van der Waals surface area contributed by atoms with Crippen molar-refractivity contribution in [3.05, 3.63) is 88.9 Å². The predicted molar refractivity (Wildman–Crippen MR) is 124 cm³/mol. The minimum Gasteiger partial charge on any atom is -0.488 e. The summed E-state index contributed by atoms with van der Waals surface area (Å²) in [6.45, 7) is 0.260. The van der Waals surface area contributed by atoms with Gasteiger partial charge in [0.25, 0.3) is 0 Å². The van der Waals surface area contributed by atoms with Gasteiger partial charge in [-0.05, 0) is 40.5 Å². The van der Waals surface area contributed by atoms with Gasteiger partial charge in [-0.3, -0.25) is 4.90 Å². The molecule has 7 heteroatoms. The fourth-order valence-corrected chi connectivity index (χ4v) is 4.91. The molecular weight excluding hydrogens is 442 g/mol. The van der Waals surface area contributed by atoms with Crippen LogP contribution < -0.4 is 4.74 Å². The molecule has 2 aliphatic rings. The third-order valence-electron chi connectivity index (χ3n) is 6.22. The first kappa shape index (κ1) is 21.3. The number of rotatable bonds is 5. The monoisotopic (exact) mass is 463 g/mol. The Morgan fingerprint density at radius 3 is 2.27 bits per heavy atom. The average Bonchev–Trinajstić information content (AvgIpc) is 3.37. The maximum atomic E-state index is 13.0. The summed E-state index contributed by atoms with van der Waals surface area (Å²) in [5.74, 6) is -0.641. The fourth-order valence-electron chi connectivity index (χ4n) is 4.73. The number of halogens is 1. The average molecular weight is 464 g/mol. The number of ether oxygens (including phenoxy) is 2. The van der Waals surface area contributed by atoms with Gasteiger partial charge in [0.05, 0.1) is 6.54 Å².